The molecule has 0 unspecified atom stereocenters. The lowest BCUT2D eigenvalue weighted by Gasteiger charge is -2.35. The van der Waals surface area contributed by atoms with Crippen molar-refractivity contribution in [3.63, 3.8) is 0 Å². The van der Waals surface area contributed by atoms with Crippen molar-refractivity contribution in [3.8, 4) is 0 Å². The van der Waals surface area contributed by atoms with E-state index in [1.807, 2.05) is 25.2 Å². The van der Waals surface area contributed by atoms with Crippen molar-refractivity contribution >= 4 is 17.6 Å². The van der Waals surface area contributed by atoms with Gasteiger partial charge in [0.05, 0.1) is 0 Å². The predicted molar refractivity (Wildman–Crippen MR) is 71.8 cm³/mol. The fourth-order valence-corrected chi connectivity index (χ4v) is 2.28. The van der Waals surface area contributed by atoms with Crippen LogP contribution in [0.5, 0.6) is 0 Å². The van der Waals surface area contributed by atoms with Crippen molar-refractivity contribution in [2.24, 2.45) is 5.41 Å². The van der Waals surface area contributed by atoms with E-state index in [1.165, 1.54) is 0 Å². The highest BCUT2D eigenvalue weighted by Crippen LogP contribution is 2.42. The number of carbonyl (C=O) groups excluding carboxylic acids is 1. The third-order valence-corrected chi connectivity index (χ3v) is 3.62. The highest BCUT2D eigenvalue weighted by atomic mass is 16.4. The second-order valence-corrected chi connectivity index (χ2v) is 4.93. The lowest BCUT2D eigenvalue weighted by molar-refractivity contribution is -0.159. The molecule has 5 heteroatoms. The third-order valence-electron chi connectivity index (χ3n) is 3.62. The van der Waals surface area contributed by atoms with Crippen LogP contribution in [0, 0.1) is 5.41 Å². The summed E-state index contributed by atoms with van der Waals surface area (Å²) in [5.41, 5.74) is 0.461. The van der Waals surface area contributed by atoms with Gasteiger partial charge in [0, 0.05) is 12.2 Å². The summed E-state index contributed by atoms with van der Waals surface area (Å²) in [5.74, 6) is -1.43. The number of carboxylic acid groups (broad SMARTS) is 1. The minimum absolute atomic E-state index is 0.409. The van der Waals surface area contributed by atoms with Crippen LogP contribution in [0.25, 0.3) is 0 Å². The van der Waals surface area contributed by atoms with E-state index >= 15 is 0 Å². The summed E-state index contributed by atoms with van der Waals surface area (Å²) in [7, 11) is 1.85. The Hall–Kier alpha value is -1.88. The van der Waals surface area contributed by atoms with Crippen LogP contribution < -0.4 is 10.6 Å². The topological polar surface area (TPSA) is 78.4 Å². The molecule has 0 aliphatic heterocycles. The van der Waals surface area contributed by atoms with Gasteiger partial charge in [0.25, 0.3) is 0 Å². The van der Waals surface area contributed by atoms with E-state index in [2.05, 4.69) is 10.6 Å². The van der Waals surface area contributed by atoms with E-state index in [1.54, 1.807) is 6.07 Å². The van der Waals surface area contributed by atoms with Crippen LogP contribution in [0.3, 0.4) is 0 Å². The summed E-state index contributed by atoms with van der Waals surface area (Å²) in [5, 5.41) is 14.9. The Balaban J connectivity index is 2.10. The van der Waals surface area contributed by atoms with Gasteiger partial charge in [-0.2, -0.15) is 0 Å². The Morgan fingerprint density at radius 2 is 2.11 bits per heavy atom. The molecule has 1 aromatic rings. The molecule has 1 saturated carbocycles. The van der Waals surface area contributed by atoms with Crippen LogP contribution in [0.4, 0.5) is 5.69 Å². The summed E-state index contributed by atoms with van der Waals surface area (Å²) < 4.78 is 0. The Kier molecular flexibility index (Phi) is 3.85. The second kappa shape index (κ2) is 5.40. The highest BCUT2D eigenvalue weighted by molar-refractivity contribution is 6.09. The molecule has 0 heterocycles. The number of benzene rings is 1. The molecule has 1 fully saturated rings. The first-order valence-corrected chi connectivity index (χ1v) is 6.37. The number of aliphatic carboxylic acids is 1. The van der Waals surface area contributed by atoms with Crippen LogP contribution in [-0.4, -0.2) is 24.0 Å². The third kappa shape index (κ3) is 2.61. The normalized spacial score (nSPS) is 16.5. The van der Waals surface area contributed by atoms with Crippen molar-refractivity contribution in [1.82, 2.24) is 5.32 Å². The largest absolute Gasteiger partial charge is 0.480 e. The number of carboxylic acids is 1. The zero-order valence-electron chi connectivity index (χ0n) is 10.9. The summed E-state index contributed by atoms with van der Waals surface area (Å²) in [6, 6.07) is 7.41. The molecule has 0 atom stereocenters. The van der Waals surface area contributed by atoms with Gasteiger partial charge < -0.3 is 15.7 Å². The summed E-state index contributed by atoms with van der Waals surface area (Å²) >= 11 is 0. The number of hydrogen-bond donors (Lipinski definition) is 3. The van der Waals surface area contributed by atoms with Crippen molar-refractivity contribution in [2.75, 3.05) is 12.4 Å². The van der Waals surface area contributed by atoms with Gasteiger partial charge in [-0.05, 0) is 37.6 Å². The van der Waals surface area contributed by atoms with E-state index in [0.29, 0.717) is 25.1 Å². The van der Waals surface area contributed by atoms with Crippen molar-refractivity contribution in [2.45, 2.75) is 25.8 Å². The van der Waals surface area contributed by atoms with E-state index in [0.717, 1.165) is 12.0 Å². The summed E-state index contributed by atoms with van der Waals surface area (Å²) in [6.45, 7) is 0.702. The maximum atomic E-state index is 12.1. The minimum atomic E-state index is -1.22. The van der Waals surface area contributed by atoms with Crippen LogP contribution in [0.2, 0.25) is 0 Å². The van der Waals surface area contributed by atoms with E-state index in [4.69, 9.17) is 0 Å². The second-order valence-electron chi connectivity index (χ2n) is 4.93. The monoisotopic (exact) mass is 262 g/mol. The number of amides is 1. The lowest BCUT2D eigenvalue weighted by atomic mass is 9.68. The summed E-state index contributed by atoms with van der Waals surface area (Å²) in [6.07, 6.45) is 1.63. The van der Waals surface area contributed by atoms with Gasteiger partial charge in [0.15, 0.2) is 0 Å². The van der Waals surface area contributed by atoms with Crippen LogP contribution in [0.1, 0.15) is 24.8 Å². The fraction of sp³-hybridized carbons (Fsp3) is 0.429. The van der Waals surface area contributed by atoms with Crippen LogP contribution in [0.15, 0.2) is 24.3 Å². The predicted octanol–water partition coefficient (Wildman–Crippen LogP) is 1.60. The molecule has 3 N–H and O–H groups in total. The Morgan fingerprint density at radius 3 is 2.63 bits per heavy atom. The molecule has 5 nitrogen and oxygen atoms in total. The van der Waals surface area contributed by atoms with Gasteiger partial charge in [-0.25, -0.2) is 0 Å². The Labute approximate surface area is 112 Å². The number of hydrogen-bond acceptors (Lipinski definition) is 3. The zero-order chi connectivity index (χ0) is 13.9. The molecule has 0 aromatic heterocycles. The van der Waals surface area contributed by atoms with E-state index in [9.17, 15) is 14.7 Å². The minimum Gasteiger partial charge on any atom is -0.480 e. The first kappa shape index (κ1) is 13.5. The first-order chi connectivity index (χ1) is 9.08. The van der Waals surface area contributed by atoms with Crippen LogP contribution in [-0.2, 0) is 16.1 Å². The molecule has 19 heavy (non-hydrogen) atoms. The number of rotatable bonds is 5. The van der Waals surface area contributed by atoms with Crippen molar-refractivity contribution in [3.05, 3.63) is 29.8 Å². The molecule has 2 rings (SSSR count). The number of carbonyl (C=O) groups is 2. The molecular weight excluding hydrogens is 244 g/mol. The average molecular weight is 262 g/mol. The smallest absolute Gasteiger partial charge is 0.319 e. The molecule has 102 valence electrons. The van der Waals surface area contributed by atoms with Gasteiger partial charge in [0.2, 0.25) is 5.91 Å². The molecule has 1 amide bonds. The summed E-state index contributed by atoms with van der Waals surface area (Å²) in [4.78, 5) is 23.4. The van der Waals surface area contributed by atoms with Gasteiger partial charge >= 0.3 is 5.97 Å². The molecule has 0 radical (unpaired) electrons. The van der Waals surface area contributed by atoms with Crippen LogP contribution >= 0.6 is 0 Å². The molecular formula is C14H18N2O3. The molecule has 1 aliphatic carbocycles. The number of anilines is 1. The van der Waals surface area contributed by atoms with Gasteiger partial charge in [-0.3, -0.25) is 9.59 Å². The molecule has 0 spiro atoms. The molecule has 0 bridgehead atoms. The Bertz CT molecular complexity index is 495. The Morgan fingerprint density at radius 1 is 1.37 bits per heavy atom. The van der Waals surface area contributed by atoms with Gasteiger partial charge in [-0.15, -0.1) is 0 Å². The SMILES string of the molecule is CNCc1cccc(NC(=O)C2(C(=O)O)CCC2)c1. The number of nitrogens with one attached hydrogen (secondary N) is 2. The van der Waals surface area contributed by atoms with Gasteiger partial charge in [-0.1, -0.05) is 18.6 Å². The molecule has 0 saturated heterocycles. The standard InChI is InChI=1S/C14H18N2O3/c1-15-9-10-4-2-5-11(8-10)16-12(17)14(13(18)19)6-3-7-14/h2,4-5,8,15H,3,6-7,9H2,1H3,(H,16,17)(H,18,19). The maximum Gasteiger partial charge on any atom is 0.319 e. The lowest BCUT2D eigenvalue weighted by Crippen LogP contribution is -2.48. The van der Waals surface area contributed by atoms with E-state index < -0.39 is 17.3 Å². The van der Waals surface area contributed by atoms with Crippen molar-refractivity contribution < 1.29 is 14.7 Å². The average Bonchev–Trinajstić information content (AvgIpc) is 2.27. The highest BCUT2D eigenvalue weighted by Gasteiger charge is 2.51. The fourth-order valence-electron chi connectivity index (χ4n) is 2.28. The van der Waals surface area contributed by atoms with Gasteiger partial charge in [0.1, 0.15) is 5.41 Å². The molecule has 1 aliphatic rings. The van der Waals surface area contributed by atoms with Crippen molar-refractivity contribution in [1.29, 1.82) is 0 Å². The zero-order valence-corrected chi connectivity index (χ0v) is 10.9. The quantitative estimate of drug-likeness (QED) is 0.704. The first-order valence-electron chi connectivity index (χ1n) is 6.37. The maximum absolute atomic E-state index is 12.1. The molecule has 1 aromatic carbocycles. The van der Waals surface area contributed by atoms with E-state index in [-0.39, 0.29) is 0 Å².